The first-order chi connectivity index (χ1) is 11.1. The molecule has 2 atom stereocenters. The summed E-state index contributed by atoms with van der Waals surface area (Å²) in [6.45, 7) is 1.64. The molecule has 1 fully saturated rings. The number of nitrogens with one attached hydrogen (secondary N) is 2. The third-order valence-electron chi connectivity index (χ3n) is 4.41. The lowest BCUT2D eigenvalue weighted by molar-refractivity contribution is -0.144. The van der Waals surface area contributed by atoms with Crippen molar-refractivity contribution >= 4 is 17.6 Å². The van der Waals surface area contributed by atoms with Gasteiger partial charge in [0, 0.05) is 5.69 Å². The van der Waals surface area contributed by atoms with Gasteiger partial charge in [-0.1, -0.05) is 37.5 Å². The SMILES string of the molecule is COC(=O)C(C)NC(=O)C(Nc1ccccc1)C1CCCCC1. The minimum absolute atomic E-state index is 0.140. The fourth-order valence-electron chi connectivity index (χ4n) is 3.12. The van der Waals surface area contributed by atoms with Gasteiger partial charge < -0.3 is 15.4 Å². The first kappa shape index (κ1) is 17.3. The molecular weight excluding hydrogens is 292 g/mol. The predicted molar refractivity (Wildman–Crippen MR) is 90.0 cm³/mol. The van der Waals surface area contributed by atoms with E-state index in [0.29, 0.717) is 0 Å². The molecule has 0 bridgehead atoms. The Kier molecular flexibility index (Phi) is 6.44. The quantitative estimate of drug-likeness (QED) is 0.792. The normalized spacial score (nSPS) is 17.8. The Balaban J connectivity index is 2.08. The van der Waals surface area contributed by atoms with Gasteiger partial charge in [-0.15, -0.1) is 0 Å². The molecule has 0 saturated heterocycles. The highest BCUT2D eigenvalue weighted by molar-refractivity contribution is 5.89. The second-order valence-electron chi connectivity index (χ2n) is 6.14. The highest BCUT2D eigenvalue weighted by Gasteiger charge is 2.31. The molecule has 2 unspecified atom stereocenters. The molecule has 0 aromatic heterocycles. The van der Waals surface area contributed by atoms with Crippen molar-refractivity contribution in [2.24, 2.45) is 5.92 Å². The Morgan fingerprint density at radius 2 is 1.78 bits per heavy atom. The van der Waals surface area contributed by atoms with Crippen LogP contribution in [0.4, 0.5) is 5.69 Å². The molecule has 2 rings (SSSR count). The van der Waals surface area contributed by atoms with E-state index in [2.05, 4.69) is 15.4 Å². The molecule has 5 heteroatoms. The van der Waals surface area contributed by atoms with Crippen molar-refractivity contribution in [1.82, 2.24) is 5.32 Å². The lowest BCUT2D eigenvalue weighted by Crippen LogP contribution is -2.50. The summed E-state index contributed by atoms with van der Waals surface area (Å²) in [6, 6.07) is 8.76. The van der Waals surface area contributed by atoms with Crippen LogP contribution >= 0.6 is 0 Å². The molecule has 0 heterocycles. The highest BCUT2D eigenvalue weighted by Crippen LogP contribution is 2.28. The second-order valence-corrected chi connectivity index (χ2v) is 6.14. The van der Waals surface area contributed by atoms with Gasteiger partial charge in [0.05, 0.1) is 7.11 Å². The molecule has 23 heavy (non-hydrogen) atoms. The minimum Gasteiger partial charge on any atom is -0.467 e. The van der Waals surface area contributed by atoms with E-state index in [4.69, 9.17) is 0 Å². The van der Waals surface area contributed by atoms with Gasteiger partial charge in [0.1, 0.15) is 12.1 Å². The largest absolute Gasteiger partial charge is 0.467 e. The van der Waals surface area contributed by atoms with Crippen molar-refractivity contribution < 1.29 is 14.3 Å². The number of benzene rings is 1. The van der Waals surface area contributed by atoms with Crippen LogP contribution in [0.1, 0.15) is 39.0 Å². The number of esters is 1. The number of rotatable bonds is 6. The van der Waals surface area contributed by atoms with Crippen LogP contribution in [0.3, 0.4) is 0 Å². The number of amides is 1. The fraction of sp³-hybridized carbons (Fsp3) is 0.556. The maximum absolute atomic E-state index is 12.7. The third kappa shape index (κ3) is 4.98. The summed E-state index contributed by atoms with van der Waals surface area (Å²) >= 11 is 0. The molecule has 1 amide bonds. The van der Waals surface area contributed by atoms with Gasteiger partial charge in [0.15, 0.2) is 0 Å². The van der Waals surface area contributed by atoms with Crippen LogP contribution in [0.15, 0.2) is 30.3 Å². The zero-order valence-electron chi connectivity index (χ0n) is 13.9. The van der Waals surface area contributed by atoms with Crippen LogP contribution in [0.25, 0.3) is 0 Å². The van der Waals surface area contributed by atoms with Gasteiger partial charge in [-0.3, -0.25) is 4.79 Å². The Hall–Kier alpha value is -2.04. The molecule has 1 aliphatic carbocycles. The van der Waals surface area contributed by atoms with E-state index in [1.165, 1.54) is 13.5 Å². The summed E-state index contributed by atoms with van der Waals surface area (Å²) < 4.78 is 4.68. The Labute approximate surface area is 137 Å². The van der Waals surface area contributed by atoms with Crippen LogP contribution in [0, 0.1) is 5.92 Å². The highest BCUT2D eigenvalue weighted by atomic mass is 16.5. The lowest BCUT2D eigenvalue weighted by atomic mass is 9.83. The number of carbonyl (C=O) groups is 2. The average molecular weight is 318 g/mol. The van der Waals surface area contributed by atoms with Crippen LogP contribution in [0.2, 0.25) is 0 Å². The maximum Gasteiger partial charge on any atom is 0.328 e. The maximum atomic E-state index is 12.7. The number of hydrogen-bond donors (Lipinski definition) is 2. The van der Waals surface area contributed by atoms with Crippen LogP contribution in [-0.2, 0) is 14.3 Å². The summed E-state index contributed by atoms with van der Waals surface area (Å²) in [7, 11) is 1.33. The molecule has 1 aromatic rings. The standard InChI is InChI=1S/C18H26N2O3/c1-13(18(22)23-2)19-17(21)16(14-9-5-3-6-10-14)20-15-11-7-4-8-12-15/h4,7-8,11-14,16,20H,3,5-6,9-10H2,1-2H3,(H,19,21). The van der Waals surface area contributed by atoms with E-state index in [1.54, 1.807) is 6.92 Å². The number of carbonyl (C=O) groups excluding carboxylic acids is 2. The Bertz CT molecular complexity index is 512. The molecule has 1 saturated carbocycles. The zero-order chi connectivity index (χ0) is 16.7. The van der Waals surface area contributed by atoms with Gasteiger partial charge in [-0.2, -0.15) is 0 Å². The molecule has 1 aromatic carbocycles. The van der Waals surface area contributed by atoms with Crippen molar-refractivity contribution in [1.29, 1.82) is 0 Å². The van der Waals surface area contributed by atoms with Gasteiger partial charge in [-0.05, 0) is 37.8 Å². The molecule has 0 aliphatic heterocycles. The van der Waals surface area contributed by atoms with Gasteiger partial charge in [-0.25, -0.2) is 4.79 Å². The van der Waals surface area contributed by atoms with E-state index in [0.717, 1.165) is 31.4 Å². The summed E-state index contributed by atoms with van der Waals surface area (Å²) in [6.07, 6.45) is 5.60. The summed E-state index contributed by atoms with van der Waals surface area (Å²) in [5.74, 6) is -0.284. The number of hydrogen-bond acceptors (Lipinski definition) is 4. The first-order valence-corrected chi connectivity index (χ1v) is 8.31. The van der Waals surface area contributed by atoms with Crippen molar-refractivity contribution in [3.63, 3.8) is 0 Å². The average Bonchev–Trinajstić information content (AvgIpc) is 2.60. The molecule has 1 aliphatic rings. The molecule has 5 nitrogen and oxygen atoms in total. The third-order valence-corrected chi connectivity index (χ3v) is 4.41. The Morgan fingerprint density at radius 1 is 1.13 bits per heavy atom. The zero-order valence-corrected chi connectivity index (χ0v) is 13.9. The molecular formula is C18H26N2O3. The smallest absolute Gasteiger partial charge is 0.328 e. The van der Waals surface area contributed by atoms with E-state index in [-0.39, 0.29) is 17.9 Å². The monoisotopic (exact) mass is 318 g/mol. The van der Waals surface area contributed by atoms with Crippen molar-refractivity contribution in [3.8, 4) is 0 Å². The minimum atomic E-state index is -0.642. The first-order valence-electron chi connectivity index (χ1n) is 8.31. The van der Waals surface area contributed by atoms with Crippen molar-refractivity contribution in [2.45, 2.75) is 51.1 Å². The molecule has 126 valence electrons. The molecule has 0 radical (unpaired) electrons. The van der Waals surface area contributed by atoms with Crippen LogP contribution < -0.4 is 10.6 Å². The van der Waals surface area contributed by atoms with E-state index in [9.17, 15) is 9.59 Å². The van der Waals surface area contributed by atoms with Crippen LogP contribution in [0.5, 0.6) is 0 Å². The van der Waals surface area contributed by atoms with Gasteiger partial charge in [0.2, 0.25) is 5.91 Å². The summed E-state index contributed by atoms with van der Waals surface area (Å²) in [5.41, 5.74) is 0.920. The number of para-hydroxylation sites is 1. The molecule has 0 spiro atoms. The summed E-state index contributed by atoms with van der Waals surface area (Å²) in [5, 5.41) is 6.12. The fourth-order valence-corrected chi connectivity index (χ4v) is 3.12. The predicted octanol–water partition coefficient (Wildman–Crippen LogP) is 2.73. The summed E-state index contributed by atoms with van der Waals surface area (Å²) in [4.78, 5) is 24.2. The topological polar surface area (TPSA) is 67.4 Å². The van der Waals surface area contributed by atoms with E-state index < -0.39 is 12.0 Å². The second kappa shape index (κ2) is 8.56. The van der Waals surface area contributed by atoms with Crippen LogP contribution in [-0.4, -0.2) is 31.1 Å². The Morgan fingerprint density at radius 3 is 2.39 bits per heavy atom. The van der Waals surface area contributed by atoms with Gasteiger partial charge >= 0.3 is 5.97 Å². The van der Waals surface area contributed by atoms with Crippen molar-refractivity contribution in [3.05, 3.63) is 30.3 Å². The van der Waals surface area contributed by atoms with E-state index >= 15 is 0 Å². The number of ether oxygens (including phenoxy) is 1. The number of anilines is 1. The lowest BCUT2D eigenvalue weighted by Gasteiger charge is -2.31. The number of methoxy groups -OCH3 is 1. The van der Waals surface area contributed by atoms with Crippen molar-refractivity contribution in [2.75, 3.05) is 12.4 Å². The van der Waals surface area contributed by atoms with Gasteiger partial charge in [0.25, 0.3) is 0 Å². The molecule has 2 N–H and O–H groups in total. The van der Waals surface area contributed by atoms with E-state index in [1.807, 2.05) is 30.3 Å².